The number of benzene rings is 1. The summed E-state index contributed by atoms with van der Waals surface area (Å²) >= 11 is 5.85. The second kappa shape index (κ2) is 7.44. The zero-order chi connectivity index (χ0) is 17.9. The van der Waals surface area contributed by atoms with E-state index in [0.717, 1.165) is 5.56 Å². The Bertz CT molecular complexity index is 740. The van der Waals surface area contributed by atoms with Gasteiger partial charge in [0.05, 0.1) is 6.04 Å². The lowest BCUT2D eigenvalue weighted by Crippen LogP contribution is -2.28. The lowest BCUT2D eigenvalue weighted by atomic mass is 9.98. The van der Waals surface area contributed by atoms with Crippen molar-refractivity contribution >= 4 is 23.3 Å². The minimum absolute atomic E-state index is 0.180. The molecule has 1 unspecified atom stereocenters. The minimum Gasteiger partial charge on any atom is -0.358 e. The highest BCUT2D eigenvalue weighted by atomic mass is 35.5. The van der Waals surface area contributed by atoms with Crippen molar-refractivity contribution in [3.8, 4) is 0 Å². The van der Waals surface area contributed by atoms with Gasteiger partial charge in [0.15, 0.2) is 10.7 Å². The fraction of sp³-hybridized carbons (Fsp3) is 0.375. The summed E-state index contributed by atoms with van der Waals surface area (Å²) in [6.07, 6.45) is 0.664. The van der Waals surface area contributed by atoms with Crippen LogP contribution >= 0.6 is 11.6 Å². The first-order valence-corrected chi connectivity index (χ1v) is 8.01. The molecule has 0 aliphatic rings. The minimum atomic E-state index is -0.714. The predicted molar refractivity (Wildman–Crippen MR) is 91.3 cm³/mol. The molecule has 128 valence electrons. The van der Waals surface area contributed by atoms with E-state index in [1.54, 1.807) is 0 Å². The number of halogens is 1. The van der Waals surface area contributed by atoms with Crippen molar-refractivity contribution in [2.75, 3.05) is 0 Å². The van der Waals surface area contributed by atoms with Crippen LogP contribution in [-0.4, -0.2) is 21.0 Å². The number of amides is 1. The summed E-state index contributed by atoms with van der Waals surface area (Å²) in [6, 6.07) is 7.77. The Morgan fingerprint density at radius 2 is 1.92 bits per heavy atom. The first-order valence-electron chi connectivity index (χ1n) is 7.64. The molecule has 0 radical (unpaired) electrons. The van der Waals surface area contributed by atoms with Crippen LogP contribution in [0.15, 0.2) is 24.3 Å². The molecule has 0 aliphatic carbocycles. The van der Waals surface area contributed by atoms with Crippen LogP contribution in [0.4, 0.5) is 5.82 Å². The molecule has 2 N–H and O–H groups in total. The number of nitrogens with zero attached hydrogens (tertiary/aromatic N) is 2. The fourth-order valence-electron chi connectivity index (χ4n) is 2.35. The molecule has 24 heavy (non-hydrogen) atoms. The number of H-pyrrole nitrogens is 1. The number of carbonyl (C=O) groups is 1. The zero-order valence-corrected chi connectivity index (χ0v) is 14.4. The van der Waals surface area contributed by atoms with Crippen LogP contribution in [0.1, 0.15) is 60.8 Å². The van der Waals surface area contributed by atoms with E-state index in [1.165, 1.54) is 5.56 Å². The molecule has 8 heteroatoms. The standard InChI is InChI=1S/C16H19ClN4O3/c1-4-12(11-7-5-10(6-8-11)9(2)3)18-16(22)14-13(17)15(20-19-14)21(23)24/h5-9,12H,4H2,1-3H3,(H,18,22)(H,19,20). The van der Waals surface area contributed by atoms with Gasteiger partial charge in [0, 0.05) is 0 Å². The average Bonchev–Trinajstić information content (AvgIpc) is 2.94. The van der Waals surface area contributed by atoms with Crippen molar-refractivity contribution in [1.82, 2.24) is 15.5 Å². The van der Waals surface area contributed by atoms with Crippen LogP contribution in [-0.2, 0) is 0 Å². The largest absolute Gasteiger partial charge is 0.362 e. The molecule has 0 bridgehead atoms. The van der Waals surface area contributed by atoms with Gasteiger partial charge in [0.2, 0.25) is 0 Å². The number of hydrogen-bond donors (Lipinski definition) is 2. The summed E-state index contributed by atoms with van der Waals surface area (Å²) in [6.45, 7) is 6.16. The highest BCUT2D eigenvalue weighted by Crippen LogP contribution is 2.26. The predicted octanol–water partition coefficient (Wildman–Crippen LogP) is 3.98. The fourth-order valence-corrected chi connectivity index (χ4v) is 2.59. The molecule has 0 saturated heterocycles. The van der Waals surface area contributed by atoms with E-state index >= 15 is 0 Å². The van der Waals surface area contributed by atoms with Gasteiger partial charge < -0.3 is 15.4 Å². The number of nitro groups is 1. The number of nitrogens with one attached hydrogen (secondary N) is 2. The molecule has 0 spiro atoms. The van der Waals surface area contributed by atoms with Gasteiger partial charge in [0.1, 0.15) is 0 Å². The molecule has 1 amide bonds. The highest BCUT2D eigenvalue weighted by molar-refractivity contribution is 6.35. The average molecular weight is 351 g/mol. The van der Waals surface area contributed by atoms with Crippen LogP contribution < -0.4 is 5.32 Å². The van der Waals surface area contributed by atoms with Crippen molar-refractivity contribution in [2.24, 2.45) is 0 Å². The Morgan fingerprint density at radius 1 is 1.33 bits per heavy atom. The van der Waals surface area contributed by atoms with Crippen molar-refractivity contribution in [2.45, 2.75) is 39.2 Å². The summed E-state index contributed by atoms with van der Waals surface area (Å²) in [7, 11) is 0. The van der Waals surface area contributed by atoms with Gasteiger partial charge in [0.25, 0.3) is 5.91 Å². The smallest absolute Gasteiger partial charge is 0.358 e. The number of carbonyl (C=O) groups excluding carboxylic acids is 1. The number of hydrogen-bond acceptors (Lipinski definition) is 4. The topological polar surface area (TPSA) is 101 Å². The first-order chi connectivity index (χ1) is 11.3. The second-order valence-corrected chi connectivity index (χ2v) is 6.13. The third kappa shape index (κ3) is 3.73. The Kier molecular flexibility index (Phi) is 5.56. The molecule has 1 heterocycles. The van der Waals surface area contributed by atoms with E-state index in [9.17, 15) is 14.9 Å². The molecule has 2 aromatic rings. The van der Waals surface area contributed by atoms with Crippen molar-refractivity contribution in [3.63, 3.8) is 0 Å². The number of rotatable bonds is 6. The van der Waals surface area contributed by atoms with Crippen LogP contribution in [0.3, 0.4) is 0 Å². The summed E-state index contributed by atoms with van der Waals surface area (Å²) in [5, 5.41) is 19.1. The number of aromatic amines is 1. The highest BCUT2D eigenvalue weighted by Gasteiger charge is 2.26. The number of aromatic nitrogens is 2. The van der Waals surface area contributed by atoms with Crippen LogP contribution in [0.25, 0.3) is 0 Å². The van der Waals surface area contributed by atoms with E-state index in [0.29, 0.717) is 12.3 Å². The monoisotopic (exact) mass is 350 g/mol. The Hall–Kier alpha value is -2.41. The summed E-state index contributed by atoms with van der Waals surface area (Å²) < 4.78 is 0. The van der Waals surface area contributed by atoms with Crippen molar-refractivity contribution in [1.29, 1.82) is 0 Å². The van der Waals surface area contributed by atoms with Crippen molar-refractivity contribution in [3.05, 3.63) is 56.2 Å². The van der Waals surface area contributed by atoms with Gasteiger partial charge >= 0.3 is 5.82 Å². The lowest BCUT2D eigenvalue weighted by molar-refractivity contribution is -0.389. The Labute approximate surface area is 144 Å². The molecule has 2 rings (SSSR count). The molecular formula is C16H19ClN4O3. The normalized spacial score (nSPS) is 12.2. The van der Waals surface area contributed by atoms with E-state index in [-0.39, 0.29) is 16.8 Å². The third-order valence-corrected chi connectivity index (χ3v) is 4.16. The van der Waals surface area contributed by atoms with Crippen LogP contribution in [0, 0.1) is 10.1 Å². The first kappa shape index (κ1) is 17.9. The van der Waals surface area contributed by atoms with E-state index in [2.05, 4.69) is 29.4 Å². The Balaban J connectivity index is 2.18. The molecule has 1 aromatic heterocycles. The molecule has 0 aliphatic heterocycles. The van der Waals surface area contributed by atoms with Crippen LogP contribution in [0.2, 0.25) is 5.02 Å². The van der Waals surface area contributed by atoms with Crippen molar-refractivity contribution < 1.29 is 9.72 Å². The van der Waals surface area contributed by atoms with E-state index < -0.39 is 16.6 Å². The van der Waals surface area contributed by atoms with Gasteiger partial charge in [-0.15, -0.1) is 5.10 Å². The van der Waals surface area contributed by atoms with Crippen LogP contribution in [0.5, 0.6) is 0 Å². The quantitative estimate of drug-likeness (QED) is 0.607. The van der Waals surface area contributed by atoms with E-state index in [4.69, 9.17) is 11.6 Å². The van der Waals surface area contributed by atoms with Gasteiger partial charge in [-0.25, -0.2) is 0 Å². The summed E-state index contributed by atoms with van der Waals surface area (Å²) in [4.78, 5) is 22.4. The third-order valence-electron chi connectivity index (χ3n) is 3.81. The summed E-state index contributed by atoms with van der Waals surface area (Å²) in [5.41, 5.74) is 1.99. The maximum Gasteiger partial charge on any atom is 0.362 e. The summed E-state index contributed by atoms with van der Waals surface area (Å²) in [5.74, 6) is -0.614. The van der Waals surface area contributed by atoms with Gasteiger partial charge in [-0.05, 0) is 28.4 Å². The molecule has 0 fully saturated rings. The maximum absolute atomic E-state index is 12.3. The molecular weight excluding hydrogens is 332 g/mol. The maximum atomic E-state index is 12.3. The Morgan fingerprint density at radius 3 is 2.38 bits per heavy atom. The SMILES string of the molecule is CCC(NC(=O)c1n[nH]c([N+](=O)[O-])c1Cl)c1ccc(C(C)C)cc1. The van der Waals surface area contributed by atoms with E-state index in [1.807, 2.05) is 31.2 Å². The molecule has 1 atom stereocenters. The van der Waals surface area contributed by atoms with Gasteiger partial charge in [-0.2, -0.15) is 0 Å². The van der Waals surface area contributed by atoms with Gasteiger partial charge in [-0.1, -0.05) is 61.7 Å². The molecule has 7 nitrogen and oxygen atoms in total. The zero-order valence-electron chi connectivity index (χ0n) is 13.7. The molecule has 0 saturated carbocycles. The van der Waals surface area contributed by atoms with Gasteiger partial charge in [-0.3, -0.25) is 4.79 Å². The molecule has 1 aromatic carbocycles. The lowest BCUT2D eigenvalue weighted by Gasteiger charge is -2.17. The second-order valence-electron chi connectivity index (χ2n) is 5.75.